The van der Waals surface area contributed by atoms with Crippen LogP contribution in [0.15, 0.2) is 48.8 Å². The number of pyridine rings is 2. The Morgan fingerprint density at radius 1 is 1.12 bits per heavy atom. The normalized spacial score (nSPS) is 25.3. The summed E-state index contributed by atoms with van der Waals surface area (Å²) in [5.41, 5.74) is 3.30. The molecule has 1 amide bonds. The monoisotopic (exact) mass is 427 g/mol. The molecule has 5 heteroatoms. The maximum absolute atomic E-state index is 13.9. The van der Waals surface area contributed by atoms with Crippen molar-refractivity contribution in [1.82, 2.24) is 9.97 Å². The van der Waals surface area contributed by atoms with E-state index in [-0.39, 0.29) is 17.6 Å². The Morgan fingerprint density at radius 3 is 2.59 bits per heavy atom. The summed E-state index contributed by atoms with van der Waals surface area (Å²) in [6.07, 6.45) is 13.1. The van der Waals surface area contributed by atoms with E-state index >= 15 is 0 Å². The van der Waals surface area contributed by atoms with Crippen LogP contribution in [0.3, 0.4) is 0 Å². The molecule has 2 aliphatic rings. The molecule has 0 saturated heterocycles. The number of aromatic nitrogens is 2. The van der Waals surface area contributed by atoms with Gasteiger partial charge in [-0.2, -0.15) is 0 Å². The van der Waals surface area contributed by atoms with Gasteiger partial charge in [0.25, 0.3) is 0 Å². The van der Waals surface area contributed by atoms with Crippen LogP contribution in [-0.2, 0) is 4.79 Å². The van der Waals surface area contributed by atoms with Crippen LogP contribution in [0.2, 0.25) is 0 Å². The van der Waals surface area contributed by atoms with Gasteiger partial charge in [0, 0.05) is 17.5 Å². The molecule has 32 heavy (non-hydrogen) atoms. The molecule has 1 aromatic carbocycles. The maximum atomic E-state index is 13.9. The number of carbonyl (C=O) groups excluding carboxylic acids is 1. The summed E-state index contributed by atoms with van der Waals surface area (Å²) in [5.74, 6) is 4.31. The van der Waals surface area contributed by atoms with Crippen molar-refractivity contribution in [2.75, 3.05) is 5.32 Å². The van der Waals surface area contributed by atoms with Crippen LogP contribution in [0.5, 0.6) is 0 Å². The van der Waals surface area contributed by atoms with Crippen molar-refractivity contribution in [3.05, 3.63) is 65.9 Å². The number of nitrogens with zero attached hydrogens (tertiary/aromatic N) is 2. The number of hydrogen-bond donors (Lipinski definition) is 1. The predicted octanol–water partition coefficient (Wildman–Crippen LogP) is 5.54. The molecule has 5 rings (SSSR count). The second-order valence-corrected chi connectivity index (χ2v) is 9.34. The Labute approximate surface area is 187 Å². The van der Waals surface area contributed by atoms with Gasteiger partial charge in [0.05, 0.1) is 17.4 Å². The lowest BCUT2D eigenvalue weighted by atomic mass is 9.86. The number of terminal acetylenes is 1. The van der Waals surface area contributed by atoms with E-state index < -0.39 is 0 Å². The number of amides is 1. The molecule has 2 aliphatic carbocycles. The Hall–Kier alpha value is -3.26. The third kappa shape index (κ3) is 3.86. The van der Waals surface area contributed by atoms with Gasteiger partial charge in [0.15, 0.2) is 0 Å². The number of halogens is 1. The van der Waals surface area contributed by atoms with Crippen molar-refractivity contribution >= 4 is 22.5 Å². The summed E-state index contributed by atoms with van der Waals surface area (Å²) in [6.45, 7) is 2.03. The third-order valence-electron chi connectivity index (χ3n) is 7.53. The number of anilines is 1. The largest absolute Gasteiger partial charge is 0.324 e. The van der Waals surface area contributed by atoms with Gasteiger partial charge in [-0.05, 0) is 91.3 Å². The van der Waals surface area contributed by atoms with Crippen molar-refractivity contribution in [3.63, 3.8) is 0 Å². The van der Waals surface area contributed by atoms with Crippen molar-refractivity contribution in [3.8, 4) is 12.3 Å². The van der Waals surface area contributed by atoms with Gasteiger partial charge in [0.1, 0.15) is 11.5 Å². The first-order chi connectivity index (χ1) is 15.5. The van der Waals surface area contributed by atoms with Crippen LogP contribution in [0, 0.1) is 41.8 Å². The zero-order valence-corrected chi connectivity index (χ0v) is 18.1. The van der Waals surface area contributed by atoms with Gasteiger partial charge in [-0.25, -0.2) is 9.37 Å². The summed E-state index contributed by atoms with van der Waals surface area (Å²) in [6, 6.07) is 10.4. The molecule has 2 fully saturated rings. The lowest BCUT2D eigenvalue weighted by molar-refractivity contribution is -0.120. The minimum absolute atomic E-state index is 0.0392. The predicted molar refractivity (Wildman–Crippen MR) is 123 cm³/mol. The molecule has 4 nitrogen and oxygen atoms in total. The molecule has 5 atom stereocenters. The van der Waals surface area contributed by atoms with Crippen LogP contribution < -0.4 is 5.32 Å². The van der Waals surface area contributed by atoms with Crippen LogP contribution in [0.4, 0.5) is 10.1 Å². The molecular formula is C27H26FN3O. The number of carbonyl (C=O) groups is 1. The zero-order valence-electron chi connectivity index (χ0n) is 18.1. The number of fused-ring (bicyclic) bond motifs is 2. The van der Waals surface area contributed by atoms with E-state index in [1.807, 2.05) is 13.1 Å². The quantitative estimate of drug-likeness (QED) is 0.556. The SMILES string of the molecule is C#Cc1ccc(NC(=O)C(C)[C@H]2C[C@H]3C[C@@H](c4ccnc5ccc(F)cc45)C[C@H]3C2)cn1. The minimum Gasteiger partial charge on any atom is -0.324 e. The summed E-state index contributed by atoms with van der Waals surface area (Å²) in [5, 5.41) is 3.92. The van der Waals surface area contributed by atoms with E-state index in [0.29, 0.717) is 35.1 Å². The topological polar surface area (TPSA) is 54.9 Å². The summed E-state index contributed by atoms with van der Waals surface area (Å²) in [7, 11) is 0. The van der Waals surface area contributed by atoms with Crippen molar-refractivity contribution < 1.29 is 9.18 Å². The Kier molecular flexibility index (Phi) is 5.38. The van der Waals surface area contributed by atoms with Crippen LogP contribution >= 0.6 is 0 Å². The van der Waals surface area contributed by atoms with E-state index in [1.54, 1.807) is 30.5 Å². The molecule has 1 unspecified atom stereocenters. The fourth-order valence-corrected chi connectivity index (χ4v) is 5.84. The van der Waals surface area contributed by atoms with Gasteiger partial charge in [-0.3, -0.25) is 9.78 Å². The number of nitrogens with one attached hydrogen (secondary N) is 1. The highest BCUT2D eigenvalue weighted by molar-refractivity contribution is 5.92. The Morgan fingerprint density at radius 2 is 1.91 bits per heavy atom. The van der Waals surface area contributed by atoms with Gasteiger partial charge in [-0.1, -0.05) is 12.8 Å². The van der Waals surface area contributed by atoms with Gasteiger partial charge in [-0.15, -0.1) is 6.42 Å². The zero-order chi connectivity index (χ0) is 22.2. The van der Waals surface area contributed by atoms with Gasteiger partial charge >= 0.3 is 0 Å². The van der Waals surface area contributed by atoms with E-state index in [2.05, 4.69) is 27.3 Å². The van der Waals surface area contributed by atoms with Crippen molar-refractivity contribution in [1.29, 1.82) is 0 Å². The summed E-state index contributed by atoms with van der Waals surface area (Å²) < 4.78 is 13.9. The molecule has 1 N–H and O–H groups in total. The highest BCUT2D eigenvalue weighted by Crippen LogP contribution is 2.54. The Balaban J connectivity index is 1.23. The number of rotatable bonds is 4. The van der Waals surface area contributed by atoms with Gasteiger partial charge < -0.3 is 5.32 Å². The van der Waals surface area contributed by atoms with E-state index in [1.165, 1.54) is 11.6 Å². The second-order valence-electron chi connectivity index (χ2n) is 9.34. The number of benzene rings is 1. The Bertz CT molecular complexity index is 1190. The molecule has 0 radical (unpaired) electrons. The highest BCUT2D eigenvalue weighted by atomic mass is 19.1. The number of hydrogen-bond acceptors (Lipinski definition) is 3. The van der Waals surface area contributed by atoms with Crippen LogP contribution in [-0.4, -0.2) is 15.9 Å². The smallest absolute Gasteiger partial charge is 0.227 e. The van der Waals surface area contributed by atoms with Crippen LogP contribution in [0.25, 0.3) is 10.9 Å². The minimum atomic E-state index is -0.214. The van der Waals surface area contributed by atoms with Crippen LogP contribution in [0.1, 0.15) is 49.8 Å². The molecule has 2 heterocycles. The highest BCUT2D eigenvalue weighted by Gasteiger charge is 2.44. The molecular weight excluding hydrogens is 401 g/mol. The molecule has 2 aromatic heterocycles. The standard InChI is InChI=1S/C27H26FN3O/c1-3-22-5-6-23(15-30-22)31-27(32)16(2)17-10-18-12-20(13-19(18)11-17)24-8-9-29-26-7-4-21(28)14-25(24)26/h1,4-9,14-20H,10-13H2,2H3,(H,31,32)/t16?,17-,18-,19+,20+. The molecule has 0 aliphatic heterocycles. The molecule has 2 saturated carbocycles. The third-order valence-corrected chi connectivity index (χ3v) is 7.53. The van der Waals surface area contributed by atoms with E-state index in [9.17, 15) is 9.18 Å². The van der Waals surface area contributed by atoms with E-state index in [4.69, 9.17) is 6.42 Å². The molecule has 3 aromatic rings. The maximum Gasteiger partial charge on any atom is 0.227 e. The lowest BCUT2D eigenvalue weighted by Crippen LogP contribution is -2.26. The van der Waals surface area contributed by atoms with Crippen molar-refractivity contribution in [2.24, 2.45) is 23.7 Å². The molecule has 0 spiro atoms. The molecule has 162 valence electrons. The summed E-state index contributed by atoms with van der Waals surface area (Å²) >= 11 is 0. The lowest BCUT2D eigenvalue weighted by Gasteiger charge is -2.21. The average molecular weight is 428 g/mol. The first-order valence-corrected chi connectivity index (χ1v) is 11.3. The first-order valence-electron chi connectivity index (χ1n) is 11.3. The first kappa shape index (κ1) is 20.6. The van der Waals surface area contributed by atoms with E-state index in [0.717, 1.165) is 36.6 Å². The van der Waals surface area contributed by atoms with Gasteiger partial charge in [0.2, 0.25) is 5.91 Å². The van der Waals surface area contributed by atoms with Crippen molar-refractivity contribution in [2.45, 2.75) is 38.5 Å². The molecule has 0 bridgehead atoms. The second kappa shape index (κ2) is 8.35. The average Bonchev–Trinajstić information content (AvgIpc) is 3.38. The fourth-order valence-electron chi connectivity index (χ4n) is 5.84. The fraction of sp³-hybridized carbons (Fsp3) is 0.370. The summed E-state index contributed by atoms with van der Waals surface area (Å²) in [4.78, 5) is 21.4.